The fraction of sp³-hybridized carbons (Fsp3) is 0.400. The molecule has 2 unspecified atom stereocenters. The molecule has 5 heteroatoms. The van der Waals surface area contributed by atoms with Gasteiger partial charge >= 0.3 is 5.97 Å². The van der Waals surface area contributed by atoms with Crippen molar-refractivity contribution in [1.29, 1.82) is 0 Å². The van der Waals surface area contributed by atoms with Crippen LogP contribution in [0.1, 0.15) is 11.5 Å². The van der Waals surface area contributed by atoms with Crippen LogP contribution in [0.5, 0.6) is 0 Å². The van der Waals surface area contributed by atoms with E-state index in [2.05, 4.69) is 15.8 Å². The van der Waals surface area contributed by atoms with Gasteiger partial charge in [0.05, 0.1) is 7.11 Å². The molecule has 2 rings (SSSR count). The quantitative estimate of drug-likeness (QED) is 0.658. The maximum absolute atomic E-state index is 11.5. The average Bonchev–Trinajstić information content (AvgIpc) is 2.78. The fourth-order valence-corrected chi connectivity index (χ4v) is 1.75. The van der Waals surface area contributed by atoms with E-state index in [4.69, 9.17) is 4.74 Å². The molecule has 15 heavy (non-hydrogen) atoms. The van der Waals surface area contributed by atoms with Gasteiger partial charge in [-0.3, -0.25) is 15.2 Å². The van der Waals surface area contributed by atoms with Crippen LogP contribution >= 0.6 is 0 Å². The van der Waals surface area contributed by atoms with E-state index >= 15 is 0 Å². The maximum atomic E-state index is 11.5. The Hall–Kier alpha value is -1.46. The lowest BCUT2D eigenvalue weighted by molar-refractivity contribution is -0.143. The highest BCUT2D eigenvalue weighted by Gasteiger charge is 2.34. The third kappa shape index (κ3) is 1.98. The zero-order valence-corrected chi connectivity index (χ0v) is 8.43. The summed E-state index contributed by atoms with van der Waals surface area (Å²) in [4.78, 5) is 15.5. The van der Waals surface area contributed by atoms with Crippen molar-refractivity contribution in [2.45, 2.75) is 12.0 Å². The van der Waals surface area contributed by atoms with Crippen molar-refractivity contribution < 1.29 is 9.53 Å². The molecule has 2 heterocycles. The molecule has 0 bridgehead atoms. The highest BCUT2D eigenvalue weighted by Crippen LogP contribution is 2.21. The summed E-state index contributed by atoms with van der Waals surface area (Å²) in [7, 11) is 1.39. The van der Waals surface area contributed by atoms with Crippen molar-refractivity contribution in [3.05, 3.63) is 30.1 Å². The minimum absolute atomic E-state index is 0.0751. The molecule has 1 aliphatic rings. The summed E-state index contributed by atoms with van der Waals surface area (Å²) >= 11 is 0. The van der Waals surface area contributed by atoms with Crippen molar-refractivity contribution in [3.8, 4) is 0 Å². The van der Waals surface area contributed by atoms with E-state index in [0.717, 1.165) is 5.56 Å². The van der Waals surface area contributed by atoms with Gasteiger partial charge in [-0.05, 0) is 11.6 Å². The molecule has 1 aromatic heterocycles. The number of hydrazine groups is 1. The highest BCUT2D eigenvalue weighted by molar-refractivity contribution is 5.77. The number of carbonyl (C=O) groups is 1. The first kappa shape index (κ1) is 10.1. The summed E-state index contributed by atoms with van der Waals surface area (Å²) < 4.78 is 4.72. The van der Waals surface area contributed by atoms with Crippen LogP contribution in [0, 0.1) is 0 Å². The van der Waals surface area contributed by atoms with Crippen LogP contribution in [0.15, 0.2) is 24.5 Å². The third-order valence-corrected chi connectivity index (χ3v) is 2.55. The Morgan fingerprint density at radius 3 is 3.20 bits per heavy atom. The first-order chi connectivity index (χ1) is 7.33. The molecule has 0 amide bonds. The number of pyridine rings is 1. The van der Waals surface area contributed by atoms with E-state index in [9.17, 15) is 4.79 Å². The van der Waals surface area contributed by atoms with Crippen LogP contribution < -0.4 is 10.9 Å². The molecule has 0 radical (unpaired) electrons. The summed E-state index contributed by atoms with van der Waals surface area (Å²) in [5.41, 5.74) is 6.89. The minimum atomic E-state index is -0.334. The SMILES string of the molecule is COC(=O)C1NNCC1c1cccnc1. The number of nitrogens with one attached hydrogen (secondary N) is 2. The number of methoxy groups -OCH3 is 1. The second-order valence-corrected chi connectivity index (χ2v) is 3.42. The summed E-state index contributed by atoms with van der Waals surface area (Å²) in [6.45, 7) is 0.700. The second kappa shape index (κ2) is 4.37. The molecule has 0 saturated carbocycles. The van der Waals surface area contributed by atoms with Crippen LogP contribution in [-0.2, 0) is 9.53 Å². The van der Waals surface area contributed by atoms with Crippen LogP contribution in [0.25, 0.3) is 0 Å². The normalized spacial score (nSPS) is 25.1. The lowest BCUT2D eigenvalue weighted by Gasteiger charge is -2.15. The third-order valence-electron chi connectivity index (χ3n) is 2.55. The van der Waals surface area contributed by atoms with E-state index in [1.165, 1.54) is 7.11 Å². The Morgan fingerprint density at radius 1 is 1.67 bits per heavy atom. The number of hydrogen-bond acceptors (Lipinski definition) is 5. The molecular formula is C10H13N3O2. The molecule has 2 atom stereocenters. The number of aromatic nitrogens is 1. The highest BCUT2D eigenvalue weighted by atomic mass is 16.5. The summed E-state index contributed by atoms with van der Waals surface area (Å²) in [6.07, 6.45) is 3.49. The summed E-state index contributed by atoms with van der Waals surface area (Å²) in [6, 6.07) is 3.49. The number of rotatable bonds is 2. The summed E-state index contributed by atoms with van der Waals surface area (Å²) in [5, 5.41) is 0. The Balaban J connectivity index is 2.18. The van der Waals surface area contributed by atoms with E-state index in [0.29, 0.717) is 6.54 Å². The van der Waals surface area contributed by atoms with Crippen LogP contribution in [0.2, 0.25) is 0 Å². The molecule has 0 aliphatic carbocycles. The molecule has 1 saturated heterocycles. The zero-order chi connectivity index (χ0) is 10.7. The average molecular weight is 207 g/mol. The van der Waals surface area contributed by atoms with Gasteiger partial charge in [0.2, 0.25) is 0 Å². The number of carbonyl (C=O) groups excluding carboxylic acids is 1. The van der Waals surface area contributed by atoms with Crippen LogP contribution in [-0.4, -0.2) is 30.6 Å². The molecule has 80 valence electrons. The molecular weight excluding hydrogens is 194 g/mol. The van der Waals surface area contributed by atoms with Gasteiger partial charge in [-0.15, -0.1) is 0 Å². The van der Waals surface area contributed by atoms with Gasteiger partial charge in [0, 0.05) is 24.9 Å². The number of esters is 1. The standard InChI is InChI=1S/C10H13N3O2/c1-15-10(14)9-8(6-12-13-9)7-3-2-4-11-5-7/h2-5,8-9,12-13H,6H2,1H3. The van der Waals surface area contributed by atoms with E-state index in [1.54, 1.807) is 12.4 Å². The van der Waals surface area contributed by atoms with Gasteiger partial charge in [0.15, 0.2) is 0 Å². The van der Waals surface area contributed by atoms with E-state index < -0.39 is 0 Å². The first-order valence-electron chi connectivity index (χ1n) is 4.79. The maximum Gasteiger partial charge on any atom is 0.324 e. The fourth-order valence-electron chi connectivity index (χ4n) is 1.75. The minimum Gasteiger partial charge on any atom is -0.468 e. The summed E-state index contributed by atoms with van der Waals surface area (Å²) in [5.74, 6) is -0.181. The van der Waals surface area contributed by atoms with Crippen molar-refractivity contribution in [2.24, 2.45) is 0 Å². The Morgan fingerprint density at radius 2 is 2.53 bits per heavy atom. The largest absolute Gasteiger partial charge is 0.468 e. The van der Waals surface area contributed by atoms with Crippen molar-refractivity contribution in [1.82, 2.24) is 15.8 Å². The predicted octanol–water partition coefficient (Wildman–Crippen LogP) is -0.185. The van der Waals surface area contributed by atoms with Crippen molar-refractivity contribution in [2.75, 3.05) is 13.7 Å². The van der Waals surface area contributed by atoms with Gasteiger partial charge in [-0.25, -0.2) is 5.43 Å². The van der Waals surface area contributed by atoms with Crippen LogP contribution in [0.3, 0.4) is 0 Å². The van der Waals surface area contributed by atoms with Gasteiger partial charge < -0.3 is 4.74 Å². The topological polar surface area (TPSA) is 63.2 Å². The van der Waals surface area contributed by atoms with Gasteiger partial charge in [-0.2, -0.15) is 0 Å². The molecule has 1 fully saturated rings. The Labute approximate surface area is 87.8 Å². The van der Waals surface area contributed by atoms with Crippen LogP contribution in [0.4, 0.5) is 0 Å². The smallest absolute Gasteiger partial charge is 0.324 e. The second-order valence-electron chi connectivity index (χ2n) is 3.42. The molecule has 0 aromatic carbocycles. The molecule has 0 spiro atoms. The molecule has 5 nitrogen and oxygen atoms in total. The number of nitrogens with zero attached hydrogens (tertiary/aromatic N) is 1. The zero-order valence-electron chi connectivity index (χ0n) is 8.43. The van der Waals surface area contributed by atoms with Gasteiger partial charge in [0.1, 0.15) is 6.04 Å². The molecule has 1 aliphatic heterocycles. The van der Waals surface area contributed by atoms with E-state index in [-0.39, 0.29) is 17.9 Å². The molecule has 2 N–H and O–H groups in total. The van der Waals surface area contributed by atoms with Crippen molar-refractivity contribution in [3.63, 3.8) is 0 Å². The van der Waals surface area contributed by atoms with E-state index in [1.807, 2.05) is 12.1 Å². The van der Waals surface area contributed by atoms with Gasteiger partial charge in [-0.1, -0.05) is 6.07 Å². The Kier molecular flexibility index (Phi) is 2.94. The first-order valence-corrected chi connectivity index (χ1v) is 4.79. The Bertz CT molecular complexity index is 342. The predicted molar refractivity (Wildman–Crippen MR) is 53.9 cm³/mol. The van der Waals surface area contributed by atoms with Gasteiger partial charge in [0.25, 0.3) is 0 Å². The monoisotopic (exact) mass is 207 g/mol. The lowest BCUT2D eigenvalue weighted by atomic mass is 9.95. The lowest BCUT2D eigenvalue weighted by Crippen LogP contribution is -2.38. The number of hydrogen-bond donors (Lipinski definition) is 2. The van der Waals surface area contributed by atoms with Crippen molar-refractivity contribution >= 4 is 5.97 Å². The molecule has 1 aromatic rings. The number of ether oxygens (including phenoxy) is 1.